The van der Waals surface area contributed by atoms with Gasteiger partial charge in [-0.15, -0.1) is 0 Å². The molecule has 0 heterocycles. The molecule has 0 aliphatic carbocycles. The van der Waals surface area contributed by atoms with Crippen LogP contribution in [0.2, 0.25) is 0 Å². The molecule has 0 aliphatic heterocycles. The average molecular weight is 345 g/mol. The molecule has 2 aromatic rings. The van der Waals surface area contributed by atoms with Gasteiger partial charge in [0.2, 0.25) is 0 Å². The van der Waals surface area contributed by atoms with E-state index in [0.29, 0.717) is 5.69 Å². The second kappa shape index (κ2) is 7.35. The van der Waals surface area contributed by atoms with Crippen LogP contribution in [0.3, 0.4) is 0 Å². The van der Waals surface area contributed by atoms with Crippen molar-refractivity contribution in [3.8, 4) is 0 Å². The summed E-state index contributed by atoms with van der Waals surface area (Å²) in [6.07, 6.45) is 0. The summed E-state index contributed by atoms with van der Waals surface area (Å²) in [6.45, 7) is 5.74. The summed E-state index contributed by atoms with van der Waals surface area (Å²) in [5.41, 5.74) is 0.476. The molecule has 7 heteroatoms. The van der Waals surface area contributed by atoms with E-state index in [-0.39, 0.29) is 17.3 Å². The van der Waals surface area contributed by atoms with E-state index in [0.717, 1.165) is 9.79 Å². The summed E-state index contributed by atoms with van der Waals surface area (Å²) in [5, 5.41) is 16.2. The molecule has 0 aromatic heterocycles. The number of carbonyl (C=O) groups is 1. The molecular weight excluding hydrogens is 326 g/mol. The van der Waals surface area contributed by atoms with Gasteiger partial charge in [-0.25, -0.2) is 4.79 Å². The molecule has 0 aliphatic rings. The van der Waals surface area contributed by atoms with Gasteiger partial charge >= 0.3 is 6.03 Å². The van der Waals surface area contributed by atoms with Gasteiger partial charge in [-0.05, 0) is 57.2 Å². The topological polar surface area (TPSA) is 84.3 Å². The molecule has 0 bridgehead atoms. The maximum atomic E-state index is 11.8. The van der Waals surface area contributed by atoms with Crippen molar-refractivity contribution in [1.82, 2.24) is 5.32 Å². The normalized spacial score (nSPS) is 11.0. The van der Waals surface area contributed by atoms with E-state index in [1.165, 1.54) is 23.9 Å². The van der Waals surface area contributed by atoms with E-state index in [1.807, 2.05) is 45.0 Å². The fourth-order valence-electron chi connectivity index (χ4n) is 1.88. The van der Waals surface area contributed by atoms with Gasteiger partial charge in [0, 0.05) is 33.2 Å². The Balaban J connectivity index is 1.96. The smallest absolute Gasteiger partial charge is 0.319 e. The predicted molar refractivity (Wildman–Crippen MR) is 95.6 cm³/mol. The lowest BCUT2D eigenvalue weighted by atomic mass is 10.1. The Morgan fingerprint density at radius 3 is 1.96 bits per heavy atom. The number of hydrogen-bond donors (Lipinski definition) is 2. The number of nitrogens with one attached hydrogen (secondary N) is 2. The number of non-ortho nitro benzene ring substituents is 1. The summed E-state index contributed by atoms with van der Waals surface area (Å²) in [4.78, 5) is 23.9. The van der Waals surface area contributed by atoms with Crippen molar-refractivity contribution in [1.29, 1.82) is 0 Å². The van der Waals surface area contributed by atoms with Crippen molar-refractivity contribution < 1.29 is 9.72 Å². The van der Waals surface area contributed by atoms with E-state index >= 15 is 0 Å². The van der Waals surface area contributed by atoms with Crippen LogP contribution in [0.4, 0.5) is 16.2 Å². The van der Waals surface area contributed by atoms with E-state index in [4.69, 9.17) is 0 Å². The van der Waals surface area contributed by atoms with Crippen LogP contribution in [0.1, 0.15) is 20.8 Å². The van der Waals surface area contributed by atoms with Crippen molar-refractivity contribution in [2.45, 2.75) is 36.1 Å². The predicted octanol–water partition coefficient (Wildman–Crippen LogP) is 4.67. The number of hydrogen-bond acceptors (Lipinski definition) is 4. The first-order valence-corrected chi connectivity index (χ1v) is 8.16. The molecule has 0 radical (unpaired) electrons. The highest BCUT2D eigenvalue weighted by molar-refractivity contribution is 7.99. The van der Waals surface area contributed by atoms with Crippen molar-refractivity contribution in [2.24, 2.45) is 0 Å². The molecule has 0 saturated carbocycles. The second-order valence-corrected chi connectivity index (χ2v) is 7.35. The van der Waals surface area contributed by atoms with Crippen molar-refractivity contribution >= 4 is 29.2 Å². The zero-order chi connectivity index (χ0) is 17.7. The number of urea groups is 1. The first-order valence-electron chi connectivity index (χ1n) is 7.34. The maximum Gasteiger partial charge on any atom is 0.319 e. The number of nitro benzene ring substituents is 1. The van der Waals surface area contributed by atoms with Crippen molar-refractivity contribution in [3.05, 3.63) is 58.6 Å². The molecule has 0 saturated heterocycles. The Labute approximate surface area is 144 Å². The molecular formula is C17H19N3O3S. The highest BCUT2D eigenvalue weighted by Gasteiger charge is 2.13. The van der Waals surface area contributed by atoms with Crippen LogP contribution in [0.15, 0.2) is 58.3 Å². The molecule has 0 fully saturated rings. The number of carbonyl (C=O) groups excluding carboxylic acids is 1. The third-order valence-electron chi connectivity index (χ3n) is 2.88. The van der Waals surface area contributed by atoms with Gasteiger partial charge in [0.05, 0.1) is 4.92 Å². The van der Waals surface area contributed by atoms with Gasteiger partial charge in [-0.2, -0.15) is 0 Å². The minimum Gasteiger partial charge on any atom is -0.333 e. The van der Waals surface area contributed by atoms with Gasteiger partial charge in [0.15, 0.2) is 0 Å². The fraction of sp³-hybridized carbons (Fsp3) is 0.235. The number of nitro groups is 1. The molecule has 2 N–H and O–H groups in total. The Hall–Kier alpha value is -2.54. The summed E-state index contributed by atoms with van der Waals surface area (Å²) in [6, 6.07) is 13.5. The van der Waals surface area contributed by atoms with Crippen LogP contribution < -0.4 is 10.6 Å². The van der Waals surface area contributed by atoms with Crippen LogP contribution in [0.25, 0.3) is 0 Å². The highest BCUT2D eigenvalue weighted by atomic mass is 32.2. The molecule has 0 spiro atoms. The molecule has 0 atom stereocenters. The zero-order valence-corrected chi connectivity index (χ0v) is 14.5. The summed E-state index contributed by atoms with van der Waals surface area (Å²) in [7, 11) is 0. The lowest BCUT2D eigenvalue weighted by molar-refractivity contribution is -0.384. The maximum absolute atomic E-state index is 11.8. The monoisotopic (exact) mass is 345 g/mol. The minimum absolute atomic E-state index is 0.0729. The standard InChI is InChI=1S/C17H19N3O3S/c1-17(2,3)19-16(21)18-12-4-8-14(9-5-12)24-15-10-6-13(7-11-15)20(22)23/h4-11H,1-3H3,(H2,18,19,21). The van der Waals surface area contributed by atoms with Crippen LogP contribution in [-0.4, -0.2) is 16.5 Å². The Bertz CT molecular complexity index is 722. The third-order valence-corrected chi connectivity index (χ3v) is 3.90. The quantitative estimate of drug-likeness (QED) is 0.623. The SMILES string of the molecule is CC(C)(C)NC(=O)Nc1ccc(Sc2ccc([N+](=O)[O-])cc2)cc1. The van der Waals surface area contributed by atoms with E-state index < -0.39 is 4.92 Å². The highest BCUT2D eigenvalue weighted by Crippen LogP contribution is 2.29. The van der Waals surface area contributed by atoms with E-state index in [2.05, 4.69) is 10.6 Å². The van der Waals surface area contributed by atoms with Gasteiger partial charge in [-0.3, -0.25) is 10.1 Å². The van der Waals surface area contributed by atoms with Crippen LogP contribution in [0, 0.1) is 10.1 Å². The first kappa shape index (κ1) is 17.8. The number of benzene rings is 2. The summed E-state index contributed by atoms with van der Waals surface area (Å²) in [5.74, 6) is 0. The third kappa shape index (κ3) is 5.58. The Morgan fingerprint density at radius 2 is 1.50 bits per heavy atom. The number of nitrogens with zero attached hydrogens (tertiary/aromatic N) is 1. The average Bonchev–Trinajstić information content (AvgIpc) is 2.48. The largest absolute Gasteiger partial charge is 0.333 e. The lowest BCUT2D eigenvalue weighted by Gasteiger charge is -2.20. The lowest BCUT2D eigenvalue weighted by Crippen LogP contribution is -2.43. The zero-order valence-electron chi connectivity index (χ0n) is 13.7. The van der Waals surface area contributed by atoms with Gasteiger partial charge < -0.3 is 10.6 Å². The second-order valence-electron chi connectivity index (χ2n) is 6.21. The van der Waals surface area contributed by atoms with Gasteiger partial charge in [0.1, 0.15) is 0 Å². The Morgan fingerprint density at radius 1 is 1.00 bits per heavy atom. The number of amides is 2. The first-order chi connectivity index (χ1) is 11.2. The summed E-state index contributed by atoms with van der Waals surface area (Å²) >= 11 is 1.49. The molecule has 6 nitrogen and oxygen atoms in total. The fourth-order valence-corrected chi connectivity index (χ4v) is 2.70. The molecule has 24 heavy (non-hydrogen) atoms. The van der Waals surface area contributed by atoms with Crippen molar-refractivity contribution in [2.75, 3.05) is 5.32 Å². The van der Waals surface area contributed by atoms with E-state index in [1.54, 1.807) is 12.1 Å². The molecule has 126 valence electrons. The van der Waals surface area contributed by atoms with Crippen LogP contribution >= 0.6 is 11.8 Å². The van der Waals surface area contributed by atoms with Gasteiger partial charge in [0.25, 0.3) is 5.69 Å². The summed E-state index contributed by atoms with van der Waals surface area (Å²) < 4.78 is 0. The van der Waals surface area contributed by atoms with Crippen molar-refractivity contribution in [3.63, 3.8) is 0 Å². The number of anilines is 1. The molecule has 2 amide bonds. The van der Waals surface area contributed by atoms with Crippen LogP contribution in [0.5, 0.6) is 0 Å². The Kier molecular flexibility index (Phi) is 5.46. The molecule has 0 unspecified atom stereocenters. The number of rotatable bonds is 4. The molecule has 2 rings (SSSR count). The van der Waals surface area contributed by atoms with Crippen LogP contribution in [-0.2, 0) is 0 Å². The van der Waals surface area contributed by atoms with E-state index in [9.17, 15) is 14.9 Å². The minimum atomic E-state index is -0.419. The van der Waals surface area contributed by atoms with Gasteiger partial charge in [-0.1, -0.05) is 11.8 Å². The molecule has 2 aromatic carbocycles.